The van der Waals surface area contributed by atoms with Gasteiger partial charge in [-0.1, -0.05) is 18.5 Å². The van der Waals surface area contributed by atoms with Crippen LogP contribution in [0.5, 0.6) is 0 Å². The van der Waals surface area contributed by atoms with Gasteiger partial charge in [-0.05, 0) is 31.4 Å². The summed E-state index contributed by atoms with van der Waals surface area (Å²) >= 11 is 6.01. The van der Waals surface area contributed by atoms with Crippen molar-refractivity contribution in [3.05, 3.63) is 47.0 Å². The molecule has 1 fully saturated rings. The quantitative estimate of drug-likeness (QED) is 0.741. The summed E-state index contributed by atoms with van der Waals surface area (Å²) in [7, 11) is 0. The van der Waals surface area contributed by atoms with Crippen LogP contribution in [-0.2, 0) is 4.79 Å². The number of carbonyl (C=O) groups excluding carboxylic acids is 1. The van der Waals surface area contributed by atoms with Crippen molar-refractivity contribution in [1.82, 2.24) is 19.6 Å². The number of hydrogen-bond acceptors (Lipinski definition) is 3. The molecule has 3 heterocycles. The third-order valence-electron chi connectivity index (χ3n) is 4.37. The fourth-order valence-electron chi connectivity index (χ4n) is 2.89. The Hall–Kier alpha value is -2.34. The number of imidazole rings is 1. The van der Waals surface area contributed by atoms with E-state index in [1.807, 2.05) is 29.7 Å². The van der Waals surface area contributed by atoms with Crippen LogP contribution in [0.15, 0.2) is 30.6 Å². The number of H-pyrrole nitrogens is 1. The van der Waals surface area contributed by atoms with Gasteiger partial charge in [0.15, 0.2) is 0 Å². The molecule has 24 heavy (non-hydrogen) atoms. The number of nitrogens with zero attached hydrogens (tertiary/aromatic N) is 3. The smallest absolute Gasteiger partial charge is 0.234 e. The number of rotatable bonds is 5. The number of anilines is 1. The first-order valence-electron chi connectivity index (χ1n) is 8.14. The van der Waals surface area contributed by atoms with E-state index in [1.165, 1.54) is 12.8 Å². The lowest BCUT2D eigenvalue weighted by molar-refractivity contribution is -0.117. The van der Waals surface area contributed by atoms with Crippen LogP contribution in [0.25, 0.3) is 5.65 Å². The highest BCUT2D eigenvalue weighted by Gasteiger charge is 2.27. The van der Waals surface area contributed by atoms with E-state index >= 15 is 0 Å². The third-order valence-corrected chi connectivity index (χ3v) is 4.59. The molecule has 7 heteroatoms. The molecule has 0 saturated heterocycles. The number of carbonyl (C=O) groups is 1. The van der Waals surface area contributed by atoms with Gasteiger partial charge in [-0.3, -0.25) is 9.89 Å². The molecule has 0 unspecified atom stereocenters. The Kier molecular flexibility index (Phi) is 3.76. The maximum Gasteiger partial charge on any atom is 0.234 e. The van der Waals surface area contributed by atoms with Gasteiger partial charge in [-0.15, -0.1) is 0 Å². The summed E-state index contributed by atoms with van der Waals surface area (Å²) in [6.45, 7) is 1.98. The highest BCUT2D eigenvalue weighted by molar-refractivity contribution is 6.30. The van der Waals surface area contributed by atoms with Crippen LogP contribution in [0.2, 0.25) is 5.02 Å². The molecule has 0 radical (unpaired) electrons. The Morgan fingerprint density at radius 3 is 3.04 bits per heavy atom. The molecule has 124 valence electrons. The molecule has 0 aromatic carbocycles. The minimum absolute atomic E-state index is 0.0852. The molecule has 0 aliphatic heterocycles. The van der Waals surface area contributed by atoms with Gasteiger partial charge in [0.25, 0.3) is 0 Å². The van der Waals surface area contributed by atoms with Crippen LogP contribution in [-0.4, -0.2) is 25.5 Å². The van der Waals surface area contributed by atoms with Crippen molar-refractivity contribution in [2.45, 2.75) is 38.0 Å². The van der Waals surface area contributed by atoms with Crippen molar-refractivity contribution < 1.29 is 4.79 Å². The van der Waals surface area contributed by atoms with Crippen LogP contribution in [0.3, 0.4) is 0 Å². The fraction of sp³-hybridized carbons (Fsp3) is 0.353. The van der Waals surface area contributed by atoms with E-state index in [1.54, 1.807) is 12.3 Å². The Balaban J connectivity index is 1.55. The molecule has 1 aliphatic carbocycles. The van der Waals surface area contributed by atoms with E-state index in [0.29, 0.717) is 23.2 Å². The van der Waals surface area contributed by atoms with E-state index in [9.17, 15) is 4.79 Å². The molecule has 0 bridgehead atoms. The second-order valence-electron chi connectivity index (χ2n) is 6.21. The Morgan fingerprint density at radius 2 is 2.29 bits per heavy atom. The summed E-state index contributed by atoms with van der Waals surface area (Å²) in [6, 6.07) is 5.55. The molecule has 1 saturated carbocycles. The molecular formula is C17H18ClN5O. The maximum absolute atomic E-state index is 12.6. The zero-order valence-corrected chi connectivity index (χ0v) is 14.0. The van der Waals surface area contributed by atoms with E-state index in [0.717, 1.165) is 17.0 Å². The van der Waals surface area contributed by atoms with E-state index < -0.39 is 0 Å². The minimum Gasteiger partial charge on any atom is -0.310 e. The van der Waals surface area contributed by atoms with Crippen LogP contribution in [0.1, 0.15) is 49.4 Å². The van der Waals surface area contributed by atoms with Gasteiger partial charge in [-0.2, -0.15) is 5.10 Å². The minimum atomic E-state index is -0.323. The van der Waals surface area contributed by atoms with Crippen LogP contribution >= 0.6 is 11.6 Å². The number of fused-ring (bicyclic) bond motifs is 1. The van der Waals surface area contributed by atoms with Gasteiger partial charge < -0.3 is 9.72 Å². The summed E-state index contributed by atoms with van der Waals surface area (Å²) in [6.07, 6.45) is 6.67. The van der Waals surface area contributed by atoms with Gasteiger partial charge in [0.1, 0.15) is 11.5 Å². The van der Waals surface area contributed by atoms with Gasteiger partial charge in [0, 0.05) is 24.4 Å². The zero-order valence-electron chi connectivity index (χ0n) is 13.3. The average molecular weight is 344 g/mol. The second-order valence-corrected chi connectivity index (χ2v) is 6.65. The number of pyridine rings is 1. The first-order valence-corrected chi connectivity index (χ1v) is 8.52. The largest absolute Gasteiger partial charge is 0.310 e. The summed E-state index contributed by atoms with van der Waals surface area (Å²) in [5.41, 5.74) is 2.54. The molecule has 1 atom stereocenters. The summed E-state index contributed by atoms with van der Waals surface area (Å²) in [4.78, 5) is 17.2. The summed E-state index contributed by atoms with van der Waals surface area (Å²) < 4.78 is 1.84. The van der Waals surface area contributed by atoms with Crippen LogP contribution in [0, 0.1) is 0 Å². The summed E-state index contributed by atoms with van der Waals surface area (Å²) in [5, 5.41) is 10.7. The molecule has 2 N–H and O–H groups in total. The number of nitrogens with one attached hydrogen (secondary N) is 2. The number of halogens is 1. The van der Waals surface area contributed by atoms with Crippen molar-refractivity contribution >= 4 is 29.0 Å². The predicted octanol–water partition coefficient (Wildman–Crippen LogP) is 3.72. The Morgan fingerprint density at radius 1 is 1.46 bits per heavy atom. The van der Waals surface area contributed by atoms with E-state index in [-0.39, 0.29) is 11.8 Å². The number of hydrogen-bond donors (Lipinski definition) is 2. The highest BCUT2D eigenvalue weighted by atomic mass is 35.5. The van der Waals surface area contributed by atoms with Gasteiger partial charge in [-0.25, -0.2) is 4.98 Å². The van der Waals surface area contributed by atoms with Crippen LogP contribution < -0.4 is 5.32 Å². The molecule has 1 amide bonds. The van der Waals surface area contributed by atoms with E-state index in [4.69, 9.17) is 11.6 Å². The first kappa shape index (κ1) is 15.2. The lowest BCUT2D eigenvalue weighted by atomic mass is 10.0. The molecular weight excluding hydrogens is 326 g/mol. The monoisotopic (exact) mass is 343 g/mol. The predicted molar refractivity (Wildman–Crippen MR) is 92.4 cm³/mol. The maximum atomic E-state index is 12.6. The van der Waals surface area contributed by atoms with Crippen molar-refractivity contribution in [2.75, 3.05) is 5.32 Å². The Labute approximate surface area is 144 Å². The van der Waals surface area contributed by atoms with Crippen molar-refractivity contribution in [2.24, 2.45) is 0 Å². The standard InChI is InChI=1S/C17H18ClN5O/c1-2-12(14-9-23-8-11(18)5-6-16(23)19-14)17(24)20-15-7-13(21-22-15)10-3-4-10/h5-10,12H,2-4H2,1H3,(H2,20,21,22,24)/t12-/m1/s1. The molecule has 4 rings (SSSR count). The molecule has 3 aromatic rings. The molecule has 6 nitrogen and oxygen atoms in total. The number of amides is 1. The Bertz CT molecular complexity index is 895. The third kappa shape index (κ3) is 2.89. The first-order chi connectivity index (χ1) is 11.6. The summed E-state index contributed by atoms with van der Waals surface area (Å²) in [5.74, 6) is 0.790. The highest BCUT2D eigenvalue weighted by Crippen LogP contribution is 2.39. The molecule has 1 aliphatic rings. The van der Waals surface area contributed by atoms with Gasteiger partial charge >= 0.3 is 0 Å². The lowest BCUT2D eigenvalue weighted by Gasteiger charge is -2.11. The van der Waals surface area contributed by atoms with Gasteiger partial charge in [0.2, 0.25) is 5.91 Å². The lowest BCUT2D eigenvalue weighted by Crippen LogP contribution is -2.21. The van der Waals surface area contributed by atoms with Gasteiger partial charge in [0.05, 0.1) is 22.3 Å². The van der Waals surface area contributed by atoms with Crippen molar-refractivity contribution in [1.29, 1.82) is 0 Å². The van der Waals surface area contributed by atoms with E-state index in [2.05, 4.69) is 20.5 Å². The fourth-order valence-corrected chi connectivity index (χ4v) is 3.06. The van der Waals surface area contributed by atoms with Crippen molar-refractivity contribution in [3.63, 3.8) is 0 Å². The SMILES string of the molecule is CC[C@@H](C(=O)Nc1cc(C2CC2)n[nH]1)c1cn2cc(Cl)ccc2n1. The number of aromatic amines is 1. The normalized spacial score (nSPS) is 15.6. The van der Waals surface area contributed by atoms with Crippen LogP contribution in [0.4, 0.5) is 5.82 Å². The molecule has 3 aromatic heterocycles. The average Bonchev–Trinajstić information content (AvgIpc) is 3.17. The topological polar surface area (TPSA) is 75.1 Å². The molecule has 0 spiro atoms. The van der Waals surface area contributed by atoms with Crippen molar-refractivity contribution in [3.8, 4) is 0 Å². The number of aromatic nitrogens is 4. The second kappa shape index (κ2) is 5.94. The zero-order chi connectivity index (χ0) is 16.7.